The number of ether oxygens (including phenoxy) is 1. The van der Waals surface area contributed by atoms with Gasteiger partial charge in [0.2, 0.25) is 0 Å². The molecule has 1 aliphatic heterocycles. The van der Waals surface area contributed by atoms with E-state index in [0.717, 1.165) is 12.8 Å². The highest BCUT2D eigenvalue weighted by Crippen LogP contribution is 2.42. The van der Waals surface area contributed by atoms with Crippen molar-refractivity contribution in [2.75, 3.05) is 32.6 Å². The highest BCUT2D eigenvalue weighted by molar-refractivity contribution is 8.00. The number of nitrogens with one attached hydrogen (secondary N) is 1. The van der Waals surface area contributed by atoms with Gasteiger partial charge in [0.1, 0.15) is 0 Å². The van der Waals surface area contributed by atoms with E-state index < -0.39 is 5.97 Å². The van der Waals surface area contributed by atoms with Gasteiger partial charge in [-0.1, -0.05) is 6.42 Å². The Morgan fingerprint density at radius 1 is 1.50 bits per heavy atom. The molecular weight excluding hydrogens is 280 g/mol. The average Bonchev–Trinajstić information content (AvgIpc) is 2.37. The summed E-state index contributed by atoms with van der Waals surface area (Å²) in [4.78, 5) is 24.7. The van der Waals surface area contributed by atoms with Gasteiger partial charge >= 0.3 is 12.0 Å². The molecule has 20 heavy (non-hydrogen) atoms. The summed E-state index contributed by atoms with van der Waals surface area (Å²) in [5.74, 6) is -0.905. The fourth-order valence-corrected chi connectivity index (χ4v) is 3.57. The number of hydrogen-bond donors (Lipinski definition) is 2. The number of aliphatic carboxylic acids is 1. The van der Waals surface area contributed by atoms with Gasteiger partial charge in [0.05, 0.1) is 25.7 Å². The van der Waals surface area contributed by atoms with Crippen LogP contribution in [0, 0.1) is 0 Å². The van der Waals surface area contributed by atoms with Crippen LogP contribution in [0.1, 0.15) is 25.7 Å². The molecule has 1 unspecified atom stereocenters. The van der Waals surface area contributed by atoms with Gasteiger partial charge in [-0.2, -0.15) is 11.8 Å². The van der Waals surface area contributed by atoms with E-state index in [-0.39, 0.29) is 23.2 Å². The third-order valence-electron chi connectivity index (χ3n) is 4.16. The van der Waals surface area contributed by atoms with Crippen molar-refractivity contribution in [2.45, 2.75) is 36.5 Å². The van der Waals surface area contributed by atoms with Crippen LogP contribution < -0.4 is 5.32 Å². The normalized spacial score (nSPS) is 24.9. The van der Waals surface area contributed by atoms with Crippen LogP contribution in [0.4, 0.5) is 4.79 Å². The van der Waals surface area contributed by atoms with Crippen molar-refractivity contribution in [1.82, 2.24) is 10.2 Å². The molecule has 2 N–H and O–H groups in total. The number of thioether (sulfide) groups is 1. The second kappa shape index (κ2) is 6.67. The Kier molecular flexibility index (Phi) is 5.15. The standard InChI is InChI=1S/C13H22N2O4S/c1-20-13(3-2-4-13)9-14-12(18)15-5-6-19-8-10(15)7-11(16)17/h10H,2-9H2,1H3,(H,14,18)(H,16,17). The second-order valence-corrected chi connectivity index (χ2v) is 6.69. The Morgan fingerprint density at radius 3 is 2.80 bits per heavy atom. The van der Waals surface area contributed by atoms with E-state index in [4.69, 9.17) is 9.84 Å². The van der Waals surface area contributed by atoms with Gasteiger partial charge < -0.3 is 20.1 Å². The number of amides is 2. The Hall–Kier alpha value is -0.950. The number of hydrogen-bond acceptors (Lipinski definition) is 4. The maximum atomic E-state index is 12.2. The summed E-state index contributed by atoms with van der Waals surface area (Å²) in [6, 6.07) is -0.534. The van der Waals surface area contributed by atoms with Crippen LogP contribution in [0.3, 0.4) is 0 Å². The minimum Gasteiger partial charge on any atom is -0.481 e. The maximum Gasteiger partial charge on any atom is 0.317 e. The summed E-state index contributed by atoms with van der Waals surface area (Å²) in [5, 5.41) is 11.9. The van der Waals surface area contributed by atoms with Gasteiger partial charge in [-0.3, -0.25) is 4.79 Å². The van der Waals surface area contributed by atoms with Gasteiger partial charge in [-0.25, -0.2) is 4.79 Å². The maximum absolute atomic E-state index is 12.2. The molecule has 114 valence electrons. The second-order valence-electron chi connectivity index (χ2n) is 5.42. The molecule has 2 rings (SSSR count). The van der Waals surface area contributed by atoms with Crippen LogP contribution in [0.5, 0.6) is 0 Å². The number of carbonyl (C=O) groups excluding carboxylic acids is 1. The van der Waals surface area contributed by atoms with Crippen LogP contribution >= 0.6 is 11.8 Å². The lowest BCUT2D eigenvalue weighted by molar-refractivity contribution is -0.139. The Labute approximate surface area is 123 Å². The smallest absolute Gasteiger partial charge is 0.317 e. The lowest BCUT2D eigenvalue weighted by Crippen LogP contribution is -2.55. The van der Waals surface area contributed by atoms with Crippen molar-refractivity contribution in [2.24, 2.45) is 0 Å². The number of carbonyl (C=O) groups is 2. The number of urea groups is 1. The predicted octanol–water partition coefficient (Wildman–Crippen LogP) is 1.16. The first kappa shape index (κ1) is 15.4. The zero-order valence-corrected chi connectivity index (χ0v) is 12.6. The number of rotatable bonds is 5. The summed E-state index contributed by atoms with van der Waals surface area (Å²) < 4.78 is 5.46. The van der Waals surface area contributed by atoms with Crippen LogP contribution in [0.15, 0.2) is 0 Å². The Bertz CT molecular complexity index is 368. The molecule has 2 aliphatic rings. The topological polar surface area (TPSA) is 78.9 Å². The molecule has 1 aliphatic carbocycles. The third-order valence-corrected chi connectivity index (χ3v) is 5.58. The summed E-state index contributed by atoms with van der Waals surface area (Å²) in [7, 11) is 0. The van der Waals surface area contributed by atoms with E-state index in [9.17, 15) is 9.59 Å². The zero-order valence-electron chi connectivity index (χ0n) is 11.8. The molecule has 0 aromatic rings. The minimum absolute atomic E-state index is 0.0684. The molecular formula is C13H22N2O4S. The molecule has 6 nitrogen and oxygen atoms in total. The summed E-state index contributed by atoms with van der Waals surface area (Å²) >= 11 is 1.81. The summed E-state index contributed by atoms with van der Waals surface area (Å²) in [6.07, 6.45) is 5.50. The van der Waals surface area contributed by atoms with Crippen molar-refractivity contribution in [3.05, 3.63) is 0 Å². The number of carboxylic acids is 1. The van der Waals surface area contributed by atoms with Crippen molar-refractivity contribution in [3.63, 3.8) is 0 Å². The van der Waals surface area contributed by atoms with E-state index in [1.54, 1.807) is 4.90 Å². The quantitative estimate of drug-likeness (QED) is 0.796. The molecule has 0 radical (unpaired) electrons. The van der Waals surface area contributed by atoms with Gasteiger partial charge in [0, 0.05) is 17.8 Å². The first-order valence-electron chi connectivity index (χ1n) is 6.95. The van der Waals surface area contributed by atoms with Crippen LogP contribution in [0.25, 0.3) is 0 Å². The number of nitrogens with zero attached hydrogens (tertiary/aromatic N) is 1. The van der Waals surface area contributed by atoms with Gasteiger partial charge in [0.25, 0.3) is 0 Å². The molecule has 1 saturated heterocycles. The van der Waals surface area contributed by atoms with Gasteiger partial charge in [0.15, 0.2) is 0 Å². The molecule has 0 aromatic heterocycles. The van der Waals surface area contributed by atoms with Crippen LogP contribution in [-0.2, 0) is 9.53 Å². The van der Waals surface area contributed by atoms with Crippen LogP contribution in [-0.4, -0.2) is 65.4 Å². The number of carboxylic acid groups (broad SMARTS) is 1. The third kappa shape index (κ3) is 3.58. The van der Waals surface area contributed by atoms with E-state index >= 15 is 0 Å². The fourth-order valence-electron chi connectivity index (χ4n) is 2.66. The molecule has 7 heteroatoms. The van der Waals surface area contributed by atoms with E-state index in [2.05, 4.69) is 11.6 Å². The zero-order chi connectivity index (χ0) is 14.6. The number of morpholine rings is 1. The van der Waals surface area contributed by atoms with Gasteiger partial charge in [-0.05, 0) is 19.1 Å². The highest BCUT2D eigenvalue weighted by Gasteiger charge is 2.37. The molecule has 1 heterocycles. The summed E-state index contributed by atoms with van der Waals surface area (Å²) in [5.41, 5.74) is 0. The minimum atomic E-state index is -0.905. The predicted molar refractivity (Wildman–Crippen MR) is 77.1 cm³/mol. The summed E-state index contributed by atoms with van der Waals surface area (Å²) in [6.45, 7) is 1.88. The van der Waals surface area contributed by atoms with E-state index in [1.807, 2.05) is 11.8 Å². The van der Waals surface area contributed by atoms with Crippen molar-refractivity contribution >= 4 is 23.8 Å². The average molecular weight is 302 g/mol. The Morgan fingerprint density at radius 2 is 2.25 bits per heavy atom. The monoisotopic (exact) mass is 302 g/mol. The van der Waals surface area contributed by atoms with E-state index in [0.29, 0.717) is 26.3 Å². The molecule has 1 saturated carbocycles. The van der Waals surface area contributed by atoms with Gasteiger partial charge in [-0.15, -0.1) is 0 Å². The largest absolute Gasteiger partial charge is 0.481 e. The van der Waals surface area contributed by atoms with Crippen LogP contribution in [0.2, 0.25) is 0 Å². The molecule has 2 fully saturated rings. The first-order chi connectivity index (χ1) is 9.56. The lowest BCUT2D eigenvalue weighted by Gasteiger charge is -2.41. The van der Waals surface area contributed by atoms with Crippen molar-refractivity contribution in [3.8, 4) is 0 Å². The first-order valence-corrected chi connectivity index (χ1v) is 8.18. The van der Waals surface area contributed by atoms with Crippen molar-refractivity contribution < 1.29 is 19.4 Å². The molecule has 0 spiro atoms. The molecule has 0 aromatic carbocycles. The lowest BCUT2D eigenvalue weighted by atomic mass is 9.84. The van der Waals surface area contributed by atoms with E-state index in [1.165, 1.54) is 6.42 Å². The Balaban J connectivity index is 1.87. The molecule has 1 atom stereocenters. The highest BCUT2D eigenvalue weighted by atomic mass is 32.2. The molecule has 0 bridgehead atoms. The fraction of sp³-hybridized carbons (Fsp3) is 0.846. The molecule has 2 amide bonds. The van der Waals surface area contributed by atoms with Crippen molar-refractivity contribution in [1.29, 1.82) is 0 Å². The SMILES string of the molecule is CSC1(CNC(=O)N2CCOCC2CC(=O)O)CCC1.